The molecule has 1 saturated heterocycles. The Balaban J connectivity index is 1.43. The van der Waals surface area contributed by atoms with Gasteiger partial charge in [-0.25, -0.2) is 0 Å². The number of methoxy groups -OCH3 is 1. The minimum atomic E-state index is -0.330. The molecule has 3 aromatic rings. The summed E-state index contributed by atoms with van der Waals surface area (Å²) in [4.78, 5) is 17.4. The van der Waals surface area contributed by atoms with Crippen LogP contribution in [0.3, 0.4) is 0 Å². The molecular weight excluding hydrogens is 412 g/mol. The number of aromatic nitrogens is 1. The van der Waals surface area contributed by atoms with Gasteiger partial charge in [0.2, 0.25) is 0 Å². The molecule has 2 heterocycles. The van der Waals surface area contributed by atoms with Crippen molar-refractivity contribution in [3.63, 3.8) is 0 Å². The second-order valence-corrected chi connectivity index (χ2v) is 8.49. The fourth-order valence-electron chi connectivity index (χ4n) is 4.53. The molecule has 4 rings (SSSR count). The van der Waals surface area contributed by atoms with Gasteiger partial charge in [0.25, 0.3) is 5.91 Å². The zero-order chi connectivity index (χ0) is 23.4. The number of hydrogen-bond acceptors (Lipinski definition) is 4. The maximum atomic E-state index is 13.3. The van der Waals surface area contributed by atoms with Crippen molar-refractivity contribution in [1.29, 1.82) is 5.26 Å². The summed E-state index contributed by atoms with van der Waals surface area (Å²) in [6, 6.07) is 22.0. The van der Waals surface area contributed by atoms with Gasteiger partial charge in [-0.3, -0.25) is 9.69 Å². The molecule has 170 valence electrons. The highest BCUT2D eigenvalue weighted by molar-refractivity contribution is 5.95. The Morgan fingerprint density at radius 2 is 1.70 bits per heavy atom. The lowest BCUT2D eigenvalue weighted by Crippen LogP contribution is -2.49. The SMILES string of the molecule is COc1ccc(C(C#N)N2CCN(C(=O)c3cc(C)n(Cc4ccccc4)c3C)CC2)cc1. The van der Waals surface area contributed by atoms with Crippen molar-refractivity contribution in [1.82, 2.24) is 14.4 Å². The van der Waals surface area contributed by atoms with Crippen molar-refractivity contribution in [3.05, 3.63) is 88.7 Å². The molecule has 0 aliphatic carbocycles. The molecule has 0 radical (unpaired) electrons. The molecule has 1 amide bonds. The molecule has 1 fully saturated rings. The molecular formula is C27H30N4O2. The molecule has 1 aromatic heterocycles. The van der Waals surface area contributed by atoms with E-state index in [4.69, 9.17) is 4.74 Å². The summed E-state index contributed by atoms with van der Waals surface area (Å²) >= 11 is 0. The predicted octanol–water partition coefficient (Wildman–Crippen LogP) is 4.18. The largest absolute Gasteiger partial charge is 0.497 e. The molecule has 1 aliphatic heterocycles. The maximum Gasteiger partial charge on any atom is 0.255 e. The first-order valence-corrected chi connectivity index (χ1v) is 11.3. The van der Waals surface area contributed by atoms with Crippen LogP contribution < -0.4 is 4.74 Å². The van der Waals surface area contributed by atoms with Crippen LogP contribution in [0.15, 0.2) is 60.7 Å². The molecule has 0 N–H and O–H groups in total. The van der Waals surface area contributed by atoms with Gasteiger partial charge < -0.3 is 14.2 Å². The minimum absolute atomic E-state index is 0.0695. The normalized spacial score (nSPS) is 15.2. The number of benzene rings is 2. The Labute approximate surface area is 195 Å². The van der Waals surface area contributed by atoms with Crippen LogP contribution in [0.25, 0.3) is 0 Å². The number of nitriles is 1. The zero-order valence-electron chi connectivity index (χ0n) is 19.5. The van der Waals surface area contributed by atoms with E-state index in [2.05, 4.69) is 34.6 Å². The monoisotopic (exact) mass is 442 g/mol. The van der Waals surface area contributed by atoms with Crippen LogP contribution in [-0.4, -0.2) is 53.6 Å². The van der Waals surface area contributed by atoms with E-state index in [1.54, 1.807) is 7.11 Å². The number of nitrogens with zero attached hydrogens (tertiary/aromatic N) is 4. The summed E-state index contributed by atoms with van der Waals surface area (Å²) in [5.41, 5.74) is 5.01. The second kappa shape index (κ2) is 9.93. The van der Waals surface area contributed by atoms with Crippen molar-refractivity contribution >= 4 is 5.91 Å². The summed E-state index contributed by atoms with van der Waals surface area (Å²) in [6.45, 7) is 7.37. The molecule has 0 saturated carbocycles. The van der Waals surface area contributed by atoms with Crippen LogP contribution in [-0.2, 0) is 6.54 Å². The summed E-state index contributed by atoms with van der Waals surface area (Å²) < 4.78 is 7.42. The lowest BCUT2D eigenvalue weighted by atomic mass is 10.1. The van der Waals surface area contributed by atoms with Crippen LogP contribution in [0.5, 0.6) is 5.75 Å². The molecule has 1 unspecified atom stereocenters. The van der Waals surface area contributed by atoms with Gasteiger partial charge in [-0.05, 0) is 43.2 Å². The molecule has 33 heavy (non-hydrogen) atoms. The first-order valence-electron chi connectivity index (χ1n) is 11.3. The lowest BCUT2D eigenvalue weighted by molar-refractivity contribution is 0.0605. The lowest BCUT2D eigenvalue weighted by Gasteiger charge is -2.37. The van der Waals surface area contributed by atoms with E-state index < -0.39 is 0 Å². The first-order chi connectivity index (χ1) is 16.0. The summed E-state index contributed by atoms with van der Waals surface area (Å²) in [5, 5.41) is 9.80. The first kappa shape index (κ1) is 22.6. The van der Waals surface area contributed by atoms with Gasteiger partial charge in [0.15, 0.2) is 0 Å². The Hall–Kier alpha value is -3.56. The van der Waals surface area contributed by atoms with E-state index in [0.717, 1.165) is 34.8 Å². The predicted molar refractivity (Wildman–Crippen MR) is 128 cm³/mol. The quantitative estimate of drug-likeness (QED) is 0.575. The average Bonchev–Trinajstić information content (AvgIpc) is 3.14. The Morgan fingerprint density at radius 3 is 2.30 bits per heavy atom. The second-order valence-electron chi connectivity index (χ2n) is 8.49. The maximum absolute atomic E-state index is 13.3. The molecule has 6 heteroatoms. The molecule has 1 atom stereocenters. The van der Waals surface area contributed by atoms with Crippen LogP contribution in [0, 0.1) is 25.2 Å². The van der Waals surface area contributed by atoms with Crippen LogP contribution in [0.1, 0.15) is 38.9 Å². The Morgan fingerprint density at radius 1 is 1.03 bits per heavy atom. The number of ether oxygens (including phenoxy) is 1. The van der Waals surface area contributed by atoms with Crippen LogP contribution >= 0.6 is 0 Å². The summed E-state index contributed by atoms with van der Waals surface area (Å²) in [5.74, 6) is 0.843. The molecule has 6 nitrogen and oxygen atoms in total. The zero-order valence-corrected chi connectivity index (χ0v) is 19.5. The highest BCUT2D eigenvalue weighted by atomic mass is 16.5. The number of carbonyl (C=O) groups excluding carboxylic acids is 1. The Bertz CT molecular complexity index is 1140. The number of piperazine rings is 1. The highest BCUT2D eigenvalue weighted by Gasteiger charge is 2.29. The van der Waals surface area contributed by atoms with Gasteiger partial charge in [0, 0.05) is 44.1 Å². The van der Waals surface area contributed by atoms with E-state index in [1.165, 1.54) is 5.56 Å². The molecule has 0 bridgehead atoms. The molecule has 2 aromatic carbocycles. The number of carbonyl (C=O) groups is 1. The van der Waals surface area contributed by atoms with E-state index in [1.807, 2.05) is 60.4 Å². The number of aryl methyl sites for hydroxylation is 1. The van der Waals surface area contributed by atoms with Crippen molar-refractivity contribution < 1.29 is 9.53 Å². The third-order valence-electron chi connectivity index (χ3n) is 6.51. The highest BCUT2D eigenvalue weighted by Crippen LogP contribution is 2.25. The third kappa shape index (κ3) is 4.79. The number of amides is 1. The summed E-state index contributed by atoms with van der Waals surface area (Å²) in [7, 11) is 1.63. The topological polar surface area (TPSA) is 61.5 Å². The number of rotatable bonds is 6. The van der Waals surface area contributed by atoms with Gasteiger partial charge in [0.05, 0.1) is 18.7 Å². The number of hydrogen-bond donors (Lipinski definition) is 0. The van der Waals surface area contributed by atoms with E-state index in [0.29, 0.717) is 26.2 Å². The molecule has 1 aliphatic rings. The summed E-state index contributed by atoms with van der Waals surface area (Å²) in [6.07, 6.45) is 0. The van der Waals surface area contributed by atoms with E-state index in [-0.39, 0.29) is 11.9 Å². The fraction of sp³-hybridized carbons (Fsp3) is 0.333. The fourth-order valence-corrected chi connectivity index (χ4v) is 4.53. The van der Waals surface area contributed by atoms with Gasteiger partial charge in [-0.15, -0.1) is 0 Å². The standard InChI is InChI=1S/C27H30N4O2/c1-20-17-25(21(2)31(20)19-22-7-5-4-6-8-22)27(32)30-15-13-29(14-16-30)26(18-28)23-9-11-24(33-3)12-10-23/h4-12,17,26H,13-16,19H2,1-3H3. The molecule has 0 spiro atoms. The van der Waals surface area contributed by atoms with Gasteiger partial charge >= 0.3 is 0 Å². The van der Waals surface area contributed by atoms with Gasteiger partial charge in [0.1, 0.15) is 11.8 Å². The van der Waals surface area contributed by atoms with Gasteiger partial charge in [-0.1, -0.05) is 42.5 Å². The van der Waals surface area contributed by atoms with Crippen LogP contribution in [0.2, 0.25) is 0 Å². The van der Waals surface area contributed by atoms with Crippen molar-refractivity contribution in [2.45, 2.75) is 26.4 Å². The van der Waals surface area contributed by atoms with Crippen molar-refractivity contribution in [3.8, 4) is 11.8 Å². The third-order valence-corrected chi connectivity index (χ3v) is 6.51. The van der Waals surface area contributed by atoms with Gasteiger partial charge in [-0.2, -0.15) is 5.26 Å². The Kier molecular flexibility index (Phi) is 6.81. The van der Waals surface area contributed by atoms with Crippen molar-refractivity contribution in [2.75, 3.05) is 33.3 Å². The van der Waals surface area contributed by atoms with E-state index >= 15 is 0 Å². The minimum Gasteiger partial charge on any atom is -0.497 e. The van der Waals surface area contributed by atoms with Crippen LogP contribution in [0.4, 0.5) is 0 Å². The average molecular weight is 443 g/mol. The van der Waals surface area contributed by atoms with E-state index in [9.17, 15) is 10.1 Å². The van der Waals surface area contributed by atoms with Crippen molar-refractivity contribution in [2.24, 2.45) is 0 Å². The smallest absolute Gasteiger partial charge is 0.255 e.